The minimum absolute atomic E-state index is 0.0130. The Morgan fingerprint density at radius 2 is 1.55 bits per heavy atom. The first-order valence-electron chi connectivity index (χ1n) is 16.2. The molecule has 1 saturated heterocycles. The molecule has 2 heterocycles. The van der Waals surface area contributed by atoms with Crippen LogP contribution in [0, 0.1) is 38.5 Å². The lowest BCUT2D eigenvalue weighted by Crippen LogP contribution is -2.39. The van der Waals surface area contributed by atoms with Gasteiger partial charge in [0.2, 0.25) is 0 Å². The molecule has 0 radical (unpaired) electrons. The highest BCUT2D eigenvalue weighted by molar-refractivity contribution is 5.77. The third-order valence-corrected chi connectivity index (χ3v) is 9.38. The van der Waals surface area contributed by atoms with Crippen molar-refractivity contribution in [2.24, 2.45) is 17.8 Å². The summed E-state index contributed by atoms with van der Waals surface area (Å²) in [6.45, 7) is 20.4. The molecule has 0 aliphatic carbocycles. The van der Waals surface area contributed by atoms with Gasteiger partial charge in [-0.15, -0.1) is 0 Å². The fraction of sp³-hybridized carbons (Fsp3) is 0.800. The molecule has 5 atom stereocenters. The van der Waals surface area contributed by atoms with Gasteiger partial charge in [-0.3, -0.25) is 0 Å². The lowest BCUT2D eigenvalue weighted by molar-refractivity contribution is -0.219. The van der Waals surface area contributed by atoms with Crippen molar-refractivity contribution in [2.45, 2.75) is 157 Å². The van der Waals surface area contributed by atoms with E-state index in [4.69, 9.17) is 18.9 Å². The summed E-state index contributed by atoms with van der Waals surface area (Å²) in [6.07, 6.45) is 13.5. The summed E-state index contributed by atoms with van der Waals surface area (Å²) >= 11 is 0. The molecule has 0 N–H and O–H groups in total. The van der Waals surface area contributed by atoms with Gasteiger partial charge in [0.25, 0.3) is 6.29 Å². The van der Waals surface area contributed by atoms with Gasteiger partial charge < -0.3 is 18.9 Å². The van der Waals surface area contributed by atoms with Crippen molar-refractivity contribution in [1.82, 2.24) is 0 Å². The standard InChI is InChI=1S/C35H58O5/c1-23(2)13-10-14-24(3)15-11-16-25(4)17-12-20-35(9)21-18-30-29(8)31(27(6)28(7)32(30)40-35)39-33(36)34-37-22-19-26(5)38-34/h23-26,34H,10-22H2,1-9H3/t24-,25?,26-,34?,35-/m1/s1. The van der Waals surface area contributed by atoms with Crippen LogP contribution in [0.4, 0.5) is 0 Å². The SMILES string of the molecule is Cc1c(C)c2c(c(C)c1OC(=O)C1OCC[C@@H](C)O1)CC[C@@](C)(CCCC(C)CCC[C@H](C)CCCC(C)C)O2. The van der Waals surface area contributed by atoms with Crippen LogP contribution in [0.3, 0.4) is 0 Å². The van der Waals surface area contributed by atoms with Gasteiger partial charge in [0.1, 0.15) is 17.1 Å². The first-order chi connectivity index (χ1) is 18.9. The van der Waals surface area contributed by atoms with Crippen molar-refractivity contribution in [2.75, 3.05) is 6.61 Å². The second kappa shape index (κ2) is 15.0. The number of carbonyl (C=O) groups is 1. The van der Waals surface area contributed by atoms with Crippen LogP contribution in [0.15, 0.2) is 0 Å². The van der Waals surface area contributed by atoms with E-state index in [1.54, 1.807) is 0 Å². The molecule has 2 aliphatic rings. The summed E-state index contributed by atoms with van der Waals surface area (Å²) < 4.78 is 23.8. The number of hydrogen-bond acceptors (Lipinski definition) is 5. The van der Waals surface area contributed by atoms with Gasteiger partial charge in [-0.2, -0.15) is 0 Å². The molecule has 40 heavy (non-hydrogen) atoms. The Hall–Kier alpha value is -1.59. The maximum atomic E-state index is 12.8. The molecule has 0 spiro atoms. The monoisotopic (exact) mass is 558 g/mol. The molecule has 0 aromatic heterocycles. The second-order valence-corrected chi connectivity index (χ2v) is 13.8. The smallest absolute Gasteiger partial charge is 0.368 e. The Balaban J connectivity index is 1.50. The fourth-order valence-electron chi connectivity index (χ4n) is 6.34. The zero-order valence-corrected chi connectivity index (χ0v) is 27.1. The predicted molar refractivity (Wildman–Crippen MR) is 163 cm³/mol. The Kier molecular flexibility index (Phi) is 12.4. The summed E-state index contributed by atoms with van der Waals surface area (Å²) in [6, 6.07) is 0. The summed E-state index contributed by atoms with van der Waals surface area (Å²) in [4.78, 5) is 12.8. The van der Waals surface area contributed by atoms with E-state index in [0.29, 0.717) is 12.4 Å². The van der Waals surface area contributed by atoms with E-state index >= 15 is 0 Å². The van der Waals surface area contributed by atoms with E-state index in [1.165, 1.54) is 51.4 Å². The van der Waals surface area contributed by atoms with Crippen LogP contribution in [0.2, 0.25) is 0 Å². The van der Waals surface area contributed by atoms with E-state index in [2.05, 4.69) is 41.5 Å². The van der Waals surface area contributed by atoms with E-state index in [1.807, 2.05) is 20.8 Å². The minimum Gasteiger partial charge on any atom is -0.487 e. The first-order valence-corrected chi connectivity index (χ1v) is 16.2. The molecule has 2 aliphatic heterocycles. The molecule has 2 unspecified atom stereocenters. The molecule has 1 aromatic rings. The molecule has 0 bridgehead atoms. The third kappa shape index (κ3) is 9.21. The van der Waals surface area contributed by atoms with Crippen molar-refractivity contribution in [3.63, 3.8) is 0 Å². The Labute approximate surface area is 245 Å². The zero-order chi connectivity index (χ0) is 29.4. The molecule has 0 saturated carbocycles. The summed E-state index contributed by atoms with van der Waals surface area (Å²) in [5.74, 6) is 3.59. The van der Waals surface area contributed by atoms with Crippen LogP contribution < -0.4 is 9.47 Å². The van der Waals surface area contributed by atoms with Crippen molar-refractivity contribution < 1.29 is 23.7 Å². The van der Waals surface area contributed by atoms with Crippen LogP contribution in [0.1, 0.15) is 134 Å². The quantitative estimate of drug-likeness (QED) is 0.168. The van der Waals surface area contributed by atoms with Crippen molar-refractivity contribution in [3.05, 3.63) is 22.3 Å². The number of ether oxygens (including phenoxy) is 4. The number of rotatable bonds is 14. The van der Waals surface area contributed by atoms with E-state index in [0.717, 1.165) is 71.4 Å². The van der Waals surface area contributed by atoms with Crippen molar-refractivity contribution >= 4 is 5.97 Å². The predicted octanol–water partition coefficient (Wildman–Crippen LogP) is 9.19. The van der Waals surface area contributed by atoms with Gasteiger partial charge in [0.05, 0.1) is 12.7 Å². The molecule has 3 rings (SSSR count). The van der Waals surface area contributed by atoms with Gasteiger partial charge in [0.15, 0.2) is 0 Å². The van der Waals surface area contributed by atoms with Crippen LogP contribution in [-0.4, -0.2) is 30.6 Å². The largest absolute Gasteiger partial charge is 0.487 e. The summed E-state index contributed by atoms with van der Waals surface area (Å²) in [5, 5.41) is 0. The average Bonchev–Trinajstić information content (AvgIpc) is 2.89. The van der Waals surface area contributed by atoms with Crippen molar-refractivity contribution in [1.29, 1.82) is 0 Å². The average molecular weight is 559 g/mol. The number of carbonyl (C=O) groups excluding carboxylic acids is 1. The molecular formula is C35H58O5. The van der Waals surface area contributed by atoms with E-state index in [-0.39, 0.29) is 11.7 Å². The maximum absolute atomic E-state index is 12.8. The summed E-state index contributed by atoms with van der Waals surface area (Å²) in [7, 11) is 0. The van der Waals surface area contributed by atoms with Gasteiger partial charge in [0, 0.05) is 5.56 Å². The normalized spacial score (nSPS) is 24.4. The van der Waals surface area contributed by atoms with E-state index < -0.39 is 12.3 Å². The summed E-state index contributed by atoms with van der Waals surface area (Å²) in [5.41, 5.74) is 4.01. The molecule has 5 heteroatoms. The van der Waals surface area contributed by atoms with Crippen LogP contribution in [0.25, 0.3) is 0 Å². The number of hydrogen-bond donors (Lipinski definition) is 0. The molecule has 5 nitrogen and oxygen atoms in total. The topological polar surface area (TPSA) is 54.0 Å². The van der Waals surface area contributed by atoms with Crippen LogP contribution in [0.5, 0.6) is 11.5 Å². The number of fused-ring (bicyclic) bond motifs is 1. The van der Waals surface area contributed by atoms with E-state index in [9.17, 15) is 4.79 Å². The Bertz CT molecular complexity index is 969. The molecule has 0 amide bonds. The second-order valence-electron chi connectivity index (χ2n) is 13.8. The Morgan fingerprint density at radius 1 is 0.925 bits per heavy atom. The van der Waals surface area contributed by atoms with Gasteiger partial charge in [-0.25, -0.2) is 4.79 Å². The maximum Gasteiger partial charge on any atom is 0.368 e. The van der Waals surface area contributed by atoms with Crippen LogP contribution in [-0.2, 0) is 20.7 Å². The minimum atomic E-state index is -0.959. The third-order valence-electron chi connectivity index (χ3n) is 9.38. The van der Waals surface area contributed by atoms with Gasteiger partial charge >= 0.3 is 5.97 Å². The molecule has 1 aromatic carbocycles. The fourth-order valence-corrected chi connectivity index (χ4v) is 6.34. The zero-order valence-electron chi connectivity index (χ0n) is 27.1. The van der Waals surface area contributed by atoms with Gasteiger partial charge in [-0.1, -0.05) is 72.6 Å². The number of benzene rings is 1. The number of esters is 1. The lowest BCUT2D eigenvalue weighted by atomic mass is 9.83. The van der Waals surface area contributed by atoms with Crippen LogP contribution >= 0.6 is 0 Å². The Morgan fingerprint density at radius 3 is 2.17 bits per heavy atom. The van der Waals surface area contributed by atoms with Gasteiger partial charge in [-0.05, 0) is 101 Å². The molecule has 1 fully saturated rings. The highest BCUT2D eigenvalue weighted by Gasteiger charge is 2.36. The van der Waals surface area contributed by atoms with Crippen molar-refractivity contribution in [3.8, 4) is 11.5 Å². The molecule has 228 valence electrons. The highest BCUT2D eigenvalue weighted by atomic mass is 16.7. The first kappa shape index (κ1) is 32.9. The highest BCUT2D eigenvalue weighted by Crippen LogP contribution is 2.45. The lowest BCUT2D eigenvalue weighted by Gasteiger charge is -2.38. The molecular weight excluding hydrogens is 500 g/mol.